The van der Waals surface area contributed by atoms with E-state index in [4.69, 9.17) is 14.2 Å². The zero-order valence-electron chi connectivity index (χ0n) is 13.6. The monoisotopic (exact) mass is 330 g/mol. The van der Waals surface area contributed by atoms with Crippen LogP contribution in [0.25, 0.3) is 0 Å². The summed E-state index contributed by atoms with van der Waals surface area (Å²) >= 11 is 0. The molecule has 128 valence electrons. The van der Waals surface area contributed by atoms with Crippen LogP contribution in [0.1, 0.15) is 31.2 Å². The quantitative estimate of drug-likeness (QED) is 0.892. The smallest absolute Gasteiger partial charge is 0.247 e. The summed E-state index contributed by atoms with van der Waals surface area (Å²) in [6.07, 6.45) is 2.28. The standard InChI is InChI=1S/C18H22N2O4/c19-14-17(6-8-18(9-7-17)23-10-11-24-18)20-16(21)13-22-12-15-4-2-1-3-5-15/h1-5H,6-13H2,(H,20,21). The zero-order chi connectivity index (χ0) is 16.9. The van der Waals surface area contributed by atoms with Gasteiger partial charge in [0.25, 0.3) is 0 Å². The Hall–Kier alpha value is -1.94. The Kier molecular flexibility index (Phi) is 5.14. The molecule has 1 aliphatic heterocycles. The molecule has 2 aliphatic rings. The van der Waals surface area contributed by atoms with E-state index in [2.05, 4.69) is 11.4 Å². The molecule has 6 heteroatoms. The zero-order valence-corrected chi connectivity index (χ0v) is 13.6. The van der Waals surface area contributed by atoms with Gasteiger partial charge in [-0.2, -0.15) is 5.26 Å². The van der Waals surface area contributed by atoms with Gasteiger partial charge in [0.15, 0.2) is 5.79 Å². The molecule has 1 heterocycles. The summed E-state index contributed by atoms with van der Waals surface area (Å²) in [7, 11) is 0. The van der Waals surface area contributed by atoms with Gasteiger partial charge in [-0.1, -0.05) is 30.3 Å². The van der Waals surface area contributed by atoms with Crippen molar-refractivity contribution in [2.24, 2.45) is 0 Å². The Morgan fingerprint density at radius 3 is 2.46 bits per heavy atom. The largest absolute Gasteiger partial charge is 0.367 e. The lowest BCUT2D eigenvalue weighted by Crippen LogP contribution is -2.54. The molecular weight excluding hydrogens is 308 g/mol. The molecule has 0 bridgehead atoms. The number of nitrogens with zero attached hydrogens (tertiary/aromatic N) is 1. The molecule has 1 saturated heterocycles. The number of nitriles is 1. The predicted octanol–water partition coefficient (Wildman–Crippen LogP) is 1.90. The predicted molar refractivity (Wildman–Crippen MR) is 85.7 cm³/mol. The number of carbonyl (C=O) groups excluding carboxylic acids is 1. The minimum atomic E-state index is -0.853. The molecule has 0 atom stereocenters. The Balaban J connectivity index is 1.46. The number of amides is 1. The first-order chi connectivity index (χ1) is 11.7. The van der Waals surface area contributed by atoms with Crippen molar-refractivity contribution < 1.29 is 19.0 Å². The first-order valence-corrected chi connectivity index (χ1v) is 8.27. The maximum absolute atomic E-state index is 12.1. The molecule has 1 amide bonds. The number of benzene rings is 1. The number of ether oxygens (including phenoxy) is 3. The highest BCUT2D eigenvalue weighted by atomic mass is 16.7. The summed E-state index contributed by atoms with van der Waals surface area (Å²) in [6.45, 7) is 1.51. The Bertz CT molecular complexity index is 595. The molecule has 3 rings (SSSR count). The third-order valence-electron chi connectivity index (χ3n) is 4.62. The van der Waals surface area contributed by atoms with Gasteiger partial charge in [0.05, 0.1) is 25.9 Å². The van der Waals surface area contributed by atoms with E-state index in [1.807, 2.05) is 30.3 Å². The van der Waals surface area contributed by atoms with Crippen molar-refractivity contribution in [1.82, 2.24) is 5.32 Å². The Morgan fingerprint density at radius 2 is 1.83 bits per heavy atom. The lowest BCUT2D eigenvalue weighted by molar-refractivity contribution is -0.183. The number of hydrogen-bond acceptors (Lipinski definition) is 5. The van der Waals surface area contributed by atoms with Crippen LogP contribution in [-0.2, 0) is 25.6 Å². The third-order valence-corrected chi connectivity index (χ3v) is 4.62. The Labute approximate surface area is 141 Å². The molecule has 0 radical (unpaired) electrons. The molecule has 1 aliphatic carbocycles. The van der Waals surface area contributed by atoms with Crippen LogP contribution in [-0.4, -0.2) is 37.1 Å². The molecule has 24 heavy (non-hydrogen) atoms. The second-order valence-corrected chi connectivity index (χ2v) is 6.33. The van der Waals surface area contributed by atoms with Gasteiger partial charge >= 0.3 is 0 Å². The van der Waals surface area contributed by atoms with Gasteiger partial charge < -0.3 is 19.5 Å². The summed E-state index contributed by atoms with van der Waals surface area (Å²) in [5, 5.41) is 12.4. The topological polar surface area (TPSA) is 80.6 Å². The van der Waals surface area contributed by atoms with Crippen LogP contribution in [0, 0.1) is 11.3 Å². The van der Waals surface area contributed by atoms with E-state index >= 15 is 0 Å². The summed E-state index contributed by atoms with van der Waals surface area (Å²) in [6, 6.07) is 11.9. The van der Waals surface area contributed by atoms with Gasteiger partial charge in [-0.25, -0.2) is 0 Å². The average Bonchev–Trinajstić information content (AvgIpc) is 3.07. The average molecular weight is 330 g/mol. The van der Waals surface area contributed by atoms with Gasteiger partial charge in [-0.05, 0) is 18.4 Å². The molecule has 1 spiro atoms. The number of carbonyl (C=O) groups is 1. The van der Waals surface area contributed by atoms with Crippen LogP contribution in [0.4, 0.5) is 0 Å². The van der Waals surface area contributed by atoms with E-state index in [1.54, 1.807) is 0 Å². The van der Waals surface area contributed by atoms with Gasteiger partial charge in [-0.3, -0.25) is 4.79 Å². The first kappa shape index (κ1) is 16.9. The summed E-state index contributed by atoms with van der Waals surface area (Å²) < 4.78 is 16.8. The second kappa shape index (κ2) is 7.31. The summed E-state index contributed by atoms with van der Waals surface area (Å²) in [4.78, 5) is 12.1. The van der Waals surface area contributed by atoms with Crippen LogP contribution in [0.2, 0.25) is 0 Å². The number of rotatable bonds is 5. The first-order valence-electron chi connectivity index (χ1n) is 8.27. The fourth-order valence-corrected chi connectivity index (χ4v) is 3.25. The van der Waals surface area contributed by atoms with Crippen LogP contribution in [0.15, 0.2) is 30.3 Å². The maximum Gasteiger partial charge on any atom is 0.247 e. The van der Waals surface area contributed by atoms with Gasteiger partial charge in [0.2, 0.25) is 5.91 Å². The van der Waals surface area contributed by atoms with Crippen LogP contribution < -0.4 is 5.32 Å². The third kappa shape index (κ3) is 3.93. The molecule has 0 unspecified atom stereocenters. The molecule has 1 saturated carbocycles. The van der Waals surface area contributed by atoms with Crippen LogP contribution >= 0.6 is 0 Å². The van der Waals surface area contributed by atoms with Crippen molar-refractivity contribution in [3.05, 3.63) is 35.9 Å². The molecule has 1 N–H and O–H groups in total. The van der Waals surface area contributed by atoms with Crippen molar-refractivity contribution in [2.45, 2.75) is 43.6 Å². The SMILES string of the molecule is N#CC1(NC(=O)COCc2ccccc2)CCC2(CC1)OCCO2. The van der Waals surface area contributed by atoms with Crippen LogP contribution in [0.3, 0.4) is 0 Å². The van der Waals surface area contributed by atoms with Crippen molar-refractivity contribution >= 4 is 5.91 Å². The highest BCUT2D eigenvalue weighted by Crippen LogP contribution is 2.39. The van der Waals surface area contributed by atoms with Gasteiger partial charge in [0, 0.05) is 12.8 Å². The lowest BCUT2D eigenvalue weighted by atomic mass is 9.79. The lowest BCUT2D eigenvalue weighted by Gasteiger charge is -2.40. The van der Waals surface area contributed by atoms with E-state index in [0.29, 0.717) is 45.5 Å². The minimum absolute atomic E-state index is 0.0591. The van der Waals surface area contributed by atoms with E-state index in [-0.39, 0.29) is 12.5 Å². The van der Waals surface area contributed by atoms with Crippen molar-refractivity contribution in [1.29, 1.82) is 5.26 Å². The van der Waals surface area contributed by atoms with Crippen LogP contribution in [0.5, 0.6) is 0 Å². The molecule has 2 fully saturated rings. The molecule has 0 aromatic heterocycles. The van der Waals surface area contributed by atoms with Crippen molar-refractivity contribution in [3.8, 4) is 6.07 Å². The fourth-order valence-electron chi connectivity index (χ4n) is 3.25. The van der Waals surface area contributed by atoms with E-state index < -0.39 is 11.3 Å². The molecule has 6 nitrogen and oxygen atoms in total. The minimum Gasteiger partial charge on any atom is -0.367 e. The highest BCUT2D eigenvalue weighted by molar-refractivity contribution is 5.78. The normalized spacial score (nSPS) is 21.3. The Morgan fingerprint density at radius 1 is 1.17 bits per heavy atom. The summed E-state index contributed by atoms with van der Waals surface area (Å²) in [5.74, 6) is -0.814. The fraction of sp³-hybridized carbons (Fsp3) is 0.556. The van der Waals surface area contributed by atoms with E-state index in [1.165, 1.54) is 0 Å². The molecule has 1 aromatic carbocycles. The van der Waals surface area contributed by atoms with Gasteiger partial charge in [-0.15, -0.1) is 0 Å². The number of nitrogens with one attached hydrogen (secondary N) is 1. The number of hydrogen-bond donors (Lipinski definition) is 1. The highest BCUT2D eigenvalue weighted by Gasteiger charge is 2.47. The van der Waals surface area contributed by atoms with Crippen molar-refractivity contribution in [2.75, 3.05) is 19.8 Å². The van der Waals surface area contributed by atoms with E-state index in [9.17, 15) is 10.1 Å². The van der Waals surface area contributed by atoms with Crippen molar-refractivity contribution in [3.63, 3.8) is 0 Å². The van der Waals surface area contributed by atoms with E-state index in [0.717, 1.165) is 5.56 Å². The molecule has 1 aromatic rings. The second-order valence-electron chi connectivity index (χ2n) is 6.33. The maximum atomic E-state index is 12.1. The van der Waals surface area contributed by atoms with Gasteiger partial charge in [0.1, 0.15) is 12.1 Å². The summed E-state index contributed by atoms with van der Waals surface area (Å²) in [5.41, 5.74) is 0.156. The molecular formula is C18H22N2O4.